The van der Waals surface area contributed by atoms with E-state index in [0.717, 1.165) is 24.8 Å². The van der Waals surface area contributed by atoms with Crippen molar-refractivity contribution in [3.8, 4) is 0 Å². The first-order valence-electron chi connectivity index (χ1n) is 7.00. The Bertz CT molecular complexity index is 817. The third kappa shape index (κ3) is 2.42. The minimum absolute atomic E-state index is 0.00250. The van der Waals surface area contributed by atoms with Gasteiger partial charge < -0.3 is 4.98 Å². The Hall–Kier alpha value is -2.11. The fourth-order valence-electron chi connectivity index (χ4n) is 2.94. The SMILES string of the molecule is O=c1[nH]c2cccc(C3=CCCCC3)c2c(C(F)(F)F)c1F. The highest BCUT2D eigenvalue weighted by Crippen LogP contribution is 2.39. The van der Waals surface area contributed by atoms with E-state index in [1.54, 1.807) is 12.1 Å². The number of allylic oxidation sites excluding steroid dienone is 2. The lowest BCUT2D eigenvalue weighted by molar-refractivity contribution is -0.138. The first kappa shape index (κ1) is 14.8. The van der Waals surface area contributed by atoms with Gasteiger partial charge in [0.2, 0.25) is 5.82 Å². The molecule has 0 radical (unpaired) electrons. The minimum Gasteiger partial charge on any atom is -0.319 e. The Morgan fingerprint density at radius 1 is 1.14 bits per heavy atom. The van der Waals surface area contributed by atoms with E-state index in [4.69, 9.17) is 0 Å². The summed E-state index contributed by atoms with van der Waals surface area (Å²) in [5, 5.41) is -0.264. The first-order valence-corrected chi connectivity index (χ1v) is 7.00. The van der Waals surface area contributed by atoms with Gasteiger partial charge in [-0.3, -0.25) is 4.79 Å². The number of halogens is 4. The zero-order valence-electron chi connectivity index (χ0n) is 11.6. The van der Waals surface area contributed by atoms with Crippen LogP contribution in [0.15, 0.2) is 29.1 Å². The summed E-state index contributed by atoms with van der Waals surface area (Å²) < 4.78 is 53.8. The van der Waals surface area contributed by atoms with E-state index in [9.17, 15) is 22.4 Å². The van der Waals surface area contributed by atoms with Gasteiger partial charge in [0.15, 0.2) is 0 Å². The molecule has 0 fully saturated rings. The Labute approximate surface area is 123 Å². The number of benzene rings is 1. The maximum Gasteiger partial charge on any atom is 0.420 e. The summed E-state index contributed by atoms with van der Waals surface area (Å²) in [6.45, 7) is 0. The van der Waals surface area contributed by atoms with Crippen molar-refractivity contribution in [3.05, 3.63) is 51.6 Å². The van der Waals surface area contributed by atoms with Crippen LogP contribution < -0.4 is 5.56 Å². The fraction of sp³-hybridized carbons (Fsp3) is 0.312. The Kier molecular flexibility index (Phi) is 3.54. The van der Waals surface area contributed by atoms with Crippen molar-refractivity contribution in [2.45, 2.75) is 31.9 Å². The quantitative estimate of drug-likeness (QED) is 0.764. The van der Waals surface area contributed by atoms with E-state index in [1.807, 2.05) is 6.08 Å². The van der Waals surface area contributed by atoms with Crippen molar-refractivity contribution in [1.82, 2.24) is 4.98 Å². The number of aromatic nitrogens is 1. The topological polar surface area (TPSA) is 32.9 Å². The van der Waals surface area contributed by atoms with Gasteiger partial charge in [0.1, 0.15) is 5.56 Å². The van der Waals surface area contributed by atoms with E-state index >= 15 is 0 Å². The van der Waals surface area contributed by atoms with Crippen LogP contribution in [0.25, 0.3) is 16.5 Å². The maximum absolute atomic E-state index is 13.9. The van der Waals surface area contributed by atoms with E-state index in [-0.39, 0.29) is 10.9 Å². The second-order valence-corrected chi connectivity index (χ2v) is 5.34. The third-order valence-electron chi connectivity index (χ3n) is 3.90. The molecule has 0 saturated heterocycles. The number of nitrogens with one attached hydrogen (secondary N) is 1. The number of H-pyrrole nitrogens is 1. The average Bonchev–Trinajstić information content (AvgIpc) is 2.47. The molecule has 1 aliphatic carbocycles. The molecule has 1 aromatic heterocycles. The van der Waals surface area contributed by atoms with Crippen LogP contribution in [0.2, 0.25) is 0 Å². The molecular weight excluding hydrogens is 298 g/mol. The van der Waals surface area contributed by atoms with Gasteiger partial charge in [0.25, 0.3) is 5.56 Å². The summed E-state index contributed by atoms with van der Waals surface area (Å²) >= 11 is 0. The van der Waals surface area contributed by atoms with Gasteiger partial charge in [-0.2, -0.15) is 13.2 Å². The Balaban J connectivity index is 2.42. The maximum atomic E-state index is 13.9. The molecule has 1 aromatic carbocycles. The van der Waals surface area contributed by atoms with E-state index in [0.29, 0.717) is 12.0 Å². The predicted octanol–water partition coefficient (Wildman–Crippen LogP) is 4.64. The van der Waals surface area contributed by atoms with Gasteiger partial charge in [-0.05, 0) is 42.9 Å². The number of rotatable bonds is 1. The lowest BCUT2D eigenvalue weighted by atomic mass is 9.89. The second kappa shape index (κ2) is 5.26. The van der Waals surface area contributed by atoms with Crippen LogP contribution in [0.1, 0.15) is 36.8 Å². The molecule has 0 saturated carbocycles. The van der Waals surface area contributed by atoms with Crippen molar-refractivity contribution in [3.63, 3.8) is 0 Å². The highest BCUT2D eigenvalue weighted by Gasteiger charge is 2.38. The zero-order chi connectivity index (χ0) is 15.9. The largest absolute Gasteiger partial charge is 0.420 e. The normalized spacial score (nSPS) is 15.9. The molecular formula is C16H13F4NO. The highest BCUT2D eigenvalue weighted by atomic mass is 19.4. The summed E-state index contributed by atoms with van der Waals surface area (Å²) in [5.41, 5.74) is -1.71. The van der Waals surface area contributed by atoms with Crippen LogP contribution in [0.3, 0.4) is 0 Å². The molecule has 22 heavy (non-hydrogen) atoms. The van der Waals surface area contributed by atoms with Gasteiger partial charge in [-0.25, -0.2) is 4.39 Å². The molecule has 2 aromatic rings. The average molecular weight is 311 g/mol. The van der Waals surface area contributed by atoms with Crippen molar-refractivity contribution in [2.24, 2.45) is 0 Å². The number of alkyl halides is 3. The van der Waals surface area contributed by atoms with E-state index < -0.39 is 23.1 Å². The van der Waals surface area contributed by atoms with Gasteiger partial charge in [-0.15, -0.1) is 0 Å². The molecule has 0 spiro atoms. The summed E-state index contributed by atoms with van der Waals surface area (Å²) in [6, 6.07) is 4.48. The molecule has 116 valence electrons. The minimum atomic E-state index is -4.93. The third-order valence-corrected chi connectivity index (χ3v) is 3.90. The zero-order valence-corrected chi connectivity index (χ0v) is 11.6. The van der Waals surface area contributed by atoms with Gasteiger partial charge >= 0.3 is 6.18 Å². The molecule has 1 N–H and O–H groups in total. The Morgan fingerprint density at radius 2 is 1.91 bits per heavy atom. The van der Waals surface area contributed by atoms with Crippen molar-refractivity contribution >= 4 is 16.5 Å². The second-order valence-electron chi connectivity index (χ2n) is 5.34. The van der Waals surface area contributed by atoms with Gasteiger partial charge in [-0.1, -0.05) is 18.2 Å². The molecule has 0 atom stereocenters. The molecule has 3 rings (SSSR count). The molecule has 0 unspecified atom stereocenters. The first-order chi connectivity index (χ1) is 10.4. The fourth-order valence-corrected chi connectivity index (χ4v) is 2.94. The van der Waals surface area contributed by atoms with Crippen LogP contribution in [-0.2, 0) is 6.18 Å². The molecule has 1 aliphatic rings. The molecule has 0 aliphatic heterocycles. The van der Waals surface area contributed by atoms with Gasteiger partial charge in [0, 0.05) is 10.9 Å². The summed E-state index contributed by atoms with van der Waals surface area (Å²) in [7, 11) is 0. The van der Waals surface area contributed by atoms with E-state index in [1.165, 1.54) is 6.07 Å². The van der Waals surface area contributed by atoms with E-state index in [2.05, 4.69) is 4.98 Å². The number of fused-ring (bicyclic) bond motifs is 1. The lowest BCUT2D eigenvalue weighted by Gasteiger charge is -2.18. The van der Waals surface area contributed by atoms with Crippen LogP contribution in [0, 0.1) is 5.82 Å². The standard InChI is InChI=1S/C16H13F4NO/c17-14-13(16(18,19)20)12-10(9-5-2-1-3-6-9)7-4-8-11(12)21-15(14)22/h4-5,7-8H,1-3,6H2,(H,21,22). The number of hydrogen-bond acceptors (Lipinski definition) is 1. The highest BCUT2D eigenvalue weighted by molar-refractivity contribution is 5.94. The van der Waals surface area contributed by atoms with Crippen LogP contribution >= 0.6 is 0 Å². The lowest BCUT2D eigenvalue weighted by Crippen LogP contribution is -2.21. The van der Waals surface area contributed by atoms with Crippen LogP contribution in [-0.4, -0.2) is 4.98 Å². The summed E-state index contributed by atoms with van der Waals surface area (Å²) in [4.78, 5) is 13.6. The summed E-state index contributed by atoms with van der Waals surface area (Å²) in [6.07, 6.45) is 0.278. The number of pyridine rings is 1. The molecule has 2 nitrogen and oxygen atoms in total. The smallest absolute Gasteiger partial charge is 0.319 e. The summed E-state index contributed by atoms with van der Waals surface area (Å²) in [5.74, 6) is -1.77. The molecule has 0 bridgehead atoms. The monoisotopic (exact) mass is 311 g/mol. The number of aromatic amines is 1. The van der Waals surface area contributed by atoms with Crippen molar-refractivity contribution in [2.75, 3.05) is 0 Å². The van der Waals surface area contributed by atoms with Gasteiger partial charge in [0.05, 0.1) is 0 Å². The molecule has 0 amide bonds. The van der Waals surface area contributed by atoms with Crippen LogP contribution in [0.5, 0.6) is 0 Å². The van der Waals surface area contributed by atoms with Crippen molar-refractivity contribution < 1.29 is 17.6 Å². The van der Waals surface area contributed by atoms with Crippen molar-refractivity contribution in [1.29, 1.82) is 0 Å². The number of hydrogen-bond donors (Lipinski definition) is 1. The Morgan fingerprint density at radius 3 is 2.55 bits per heavy atom. The molecule has 1 heterocycles. The van der Waals surface area contributed by atoms with Crippen LogP contribution in [0.4, 0.5) is 17.6 Å². The predicted molar refractivity (Wildman–Crippen MR) is 76.0 cm³/mol. The molecule has 6 heteroatoms.